The van der Waals surface area contributed by atoms with Crippen LogP contribution < -0.4 is 21.7 Å². The van der Waals surface area contributed by atoms with Crippen molar-refractivity contribution in [1.29, 1.82) is 0 Å². The molecule has 12 heteroatoms. The Morgan fingerprint density at radius 3 is 2.14 bits per heavy atom. The van der Waals surface area contributed by atoms with E-state index in [1.807, 2.05) is 12.1 Å². The molecule has 0 aliphatic rings. The molecule has 0 saturated carbocycles. The number of amides is 2. The molecule has 2 heterocycles. The SMILES string of the molecule is [CH2][CH]CSC[C@H](NC(=O)CCCCCCCCCCCCCCC)C(=O)Nc1ccc(Cn2c(O)nc3c(N)nc(NCCCC)nc32)cc1. The highest BCUT2D eigenvalue weighted by Crippen LogP contribution is 2.25. The van der Waals surface area contributed by atoms with Crippen LogP contribution in [0.3, 0.4) is 0 Å². The average Bonchev–Trinajstić information content (AvgIpc) is 3.42. The zero-order valence-corrected chi connectivity index (χ0v) is 31.2. The Morgan fingerprint density at radius 1 is 0.900 bits per heavy atom. The molecule has 1 atom stereocenters. The van der Waals surface area contributed by atoms with Crippen molar-refractivity contribution in [3.05, 3.63) is 43.2 Å². The Hall–Kier alpha value is -3.54. The van der Waals surface area contributed by atoms with Crippen molar-refractivity contribution in [2.24, 2.45) is 0 Å². The molecule has 0 aliphatic heterocycles. The quantitative estimate of drug-likeness (QED) is 0.0494. The summed E-state index contributed by atoms with van der Waals surface area (Å²) < 4.78 is 1.58. The second kappa shape index (κ2) is 23.8. The average molecular weight is 709 g/mol. The van der Waals surface area contributed by atoms with Crippen LogP contribution in [0.15, 0.2) is 24.3 Å². The van der Waals surface area contributed by atoms with Crippen molar-refractivity contribution in [2.75, 3.05) is 34.4 Å². The van der Waals surface area contributed by atoms with Crippen LogP contribution in [-0.2, 0) is 16.1 Å². The van der Waals surface area contributed by atoms with Gasteiger partial charge in [-0.1, -0.05) is 109 Å². The number of imidazole rings is 1. The molecule has 0 saturated heterocycles. The van der Waals surface area contributed by atoms with E-state index in [4.69, 9.17) is 5.73 Å². The number of hydrogen-bond acceptors (Lipinski definition) is 9. The number of unbranched alkanes of at least 4 members (excludes halogenated alkanes) is 13. The fourth-order valence-corrected chi connectivity index (χ4v) is 6.51. The molecule has 11 nitrogen and oxygen atoms in total. The van der Waals surface area contributed by atoms with Crippen molar-refractivity contribution in [1.82, 2.24) is 24.8 Å². The molecule has 3 rings (SSSR count). The lowest BCUT2D eigenvalue weighted by atomic mass is 10.0. The largest absolute Gasteiger partial charge is 0.480 e. The van der Waals surface area contributed by atoms with Crippen LogP contribution in [0.5, 0.6) is 6.01 Å². The van der Waals surface area contributed by atoms with Gasteiger partial charge in [0, 0.05) is 24.4 Å². The number of nitrogens with zero attached hydrogens (tertiary/aromatic N) is 4. The van der Waals surface area contributed by atoms with Gasteiger partial charge >= 0.3 is 0 Å². The number of nitrogen functional groups attached to an aromatic ring is 1. The molecule has 0 aliphatic carbocycles. The van der Waals surface area contributed by atoms with Gasteiger partial charge in [0.05, 0.1) is 6.54 Å². The lowest BCUT2D eigenvalue weighted by Crippen LogP contribution is -2.45. The first-order valence-corrected chi connectivity index (χ1v) is 19.9. The van der Waals surface area contributed by atoms with Crippen LogP contribution in [0.2, 0.25) is 0 Å². The van der Waals surface area contributed by atoms with Crippen molar-refractivity contribution in [3.63, 3.8) is 0 Å². The summed E-state index contributed by atoms with van der Waals surface area (Å²) in [7, 11) is 0. The number of carbonyl (C=O) groups excluding carboxylic acids is 2. The summed E-state index contributed by atoms with van der Waals surface area (Å²) in [5.41, 5.74) is 8.35. The van der Waals surface area contributed by atoms with E-state index in [-0.39, 0.29) is 30.2 Å². The smallest absolute Gasteiger partial charge is 0.296 e. The van der Waals surface area contributed by atoms with E-state index >= 15 is 0 Å². The first-order valence-electron chi connectivity index (χ1n) is 18.7. The molecule has 3 aromatic rings. The zero-order valence-electron chi connectivity index (χ0n) is 30.4. The molecule has 0 spiro atoms. The normalized spacial score (nSPS) is 11.9. The van der Waals surface area contributed by atoms with Gasteiger partial charge in [-0.05, 0) is 49.6 Å². The Labute approximate surface area is 303 Å². The summed E-state index contributed by atoms with van der Waals surface area (Å²) in [5.74, 6) is 1.37. The van der Waals surface area contributed by atoms with Gasteiger partial charge in [0.15, 0.2) is 17.0 Å². The number of nitrogens with one attached hydrogen (secondary N) is 3. The number of thioether (sulfide) groups is 1. The predicted molar refractivity (Wildman–Crippen MR) is 208 cm³/mol. The molecule has 50 heavy (non-hydrogen) atoms. The molecule has 2 aromatic heterocycles. The van der Waals surface area contributed by atoms with E-state index in [0.717, 1.165) is 37.7 Å². The van der Waals surface area contributed by atoms with E-state index in [1.165, 1.54) is 64.2 Å². The summed E-state index contributed by atoms with van der Waals surface area (Å²) in [6.07, 6.45) is 20.5. The van der Waals surface area contributed by atoms with Crippen molar-refractivity contribution in [2.45, 2.75) is 129 Å². The first-order chi connectivity index (χ1) is 24.4. The molecular formula is C38H60N8O3S. The highest BCUT2D eigenvalue weighted by molar-refractivity contribution is 7.99. The molecule has 2 radical (unpaired) electrons. The van der Waals surface area contributed by atoms with E-state index in [1.54, 1.807) is 34.9 Å². The van der Waals surface area contributed by atoms with Crippen LogP contribution in [0.1, 0.15) is 122 Å². The van der Waals surface area contributed by atoms with Crippen LogP contribution in [0.4, 0.5) is 17.5 Å². The van der Waals surface area contributed by atoms with Gasteiger partial charge in [0.2, 0.25) is 17.8 Å². The van der Waals surface area contributed by atoms with E-state index < -0.39 is 6.04 Å². The van der Waals surface area contributed by atoms with Gasteiger partial charge < -0.3 is 26.8 Å². The van der Waals surface area contributed by atoms with Gasteiger partial charge in [-0.15, -0.1) is 0 Å². The second-order valence-electron chi connectivity index (χ2n) is 13.0. The lowest BCUT2D eigenvalue weighted by molar-refractivity contribution is -0.126. The van der Waals surface area contributed by atoms with Crippen LogP contribution in [0, 0.1) is 13.3 Å². The number of fused-ring (bicyclic) bond motifs is 1. The third-order valence-corrected chi connectivity index (χ3v) is 9.70. The maximum Gasteiger partial charge on any atom is 0.296 e. The minimum Gasteiger partial charge on any atom is -0.480 e. The van der Waals surface area contributed by atoms with E-state index in [9.17, 15) is 14.7 Å². The second-order valence-corrected chi connectivity index (χ2v) is 14.1. The van der Waals surface area contributed by atoms with Crippen LogP contribution >= 0.6 is 11.8 Å². The Kier molecular flexibility index (Phi) is 19.5. The number of nitrogens with two attached hydrogens (primary N) is 1. The number of anilines is 3. The van der Waals surface area contributed by atoms with E-state index in [0.29, 0.717) is 47.3 Å². The molecule has 0 fully saturated rings. The molecule has 6 N–H and O–H groups in total. The van der Waals surface area contributed by atoms with Crippen LogP contribution in [0.25, 0.3) is 11.2 Å². The fourth-order valence-electron chi connectivity index (χ4n) is 5.74. The highest BCUT2D eigenvalue weighted by Gasteiger charge is 2.21. The maximum absolute atomic E-state index is 13.3. The Balaban J connectivity index is 1.46. The molecule has 2 amide bonds. The minimum atomic E-state index is -0.659. The van der Waals surface area contributed by atoms with Crippen molar-refractivity contribution < 1.29 is 14.7 Å². The topological polar surface area (TPSA) is 160 Å². The monoisotopic (exact) mass is 708 g/mol. The van der Waals surface area contributed by atoms with Gasteiger partial charge in [-0.3, -0.25) is 14.2 Å². The standard InChI is InChI=1S/C38H60N8O3S/c1-4-7-9-10-11-12-13-14-15-16-17-18-19-20-32(47)42-31(28-50-26-6-3)36(48)41-30-23-21-29(22-24-30)27-46-35-33(43-38(46)49)34(39)44-37(45-35)40-25-8-5-2/h6,21-24,31H,3-5,7-20,25-28H2,1-2H3,(H,41,48)(H,42,47)(H,43,49)(H3,39,40,44,45)/t31-/m0/s1. The molecular weight excluding hydrogens is 649 g/mol. The Bertz CT molecular complexity index is 1420. The highest BCUT2D eigenvalue weighted by atomic mass is 32.2. The number of rotatable bonds is 27. The van der Waals surface area contributed by atoms with Gasteiger partial charge in [0.1, 0.15) is 6.04 Å². The van der Waals surface area contributed by atoms with Crippen LogP contribution in [-0.4, -0.2) is 60.5 Å². The summed E-state index contributed by atoms with van der Waals surface area (Å²) in [6.45, 7) is 9.13. The first kappa shape index (κ1) is 40.9. The third kappa shape index (κ3) is 14.7. The molecule has 0 bridgehead atoms. The fraction of sp³-hybridized carbons (Fsp3) is 0.605. The van der Waals surface area contributed by atoms with Gasteiger partial charge in [-0.2, -0.15) is 26.7 Å². The van der Waals surface area contributed by atoms with Crippen molar-refractivity contribution >= 4 is 52.2 Å². The molecule has 276 valence electrons. The third-order valence-electron chi connectivity index (χ3n) is 8.66. The maximum atomic E-state index is 13.3. The Morgan fingerprint density at radius 2 is 1.52 bits per heavy atom. The summed E-state index contributed by atoms with van der Waals surface area (Å²) in [4.78, 5) is 39.1. The van der Waals surface area contributed by atoms with Gasteiger partial charge in [0.25, 0.3) is 6.01 Å². The summed E-state index contributed by atoms with van der Waals surface area (Å²) in [6, 6.07) is 6.45. The lowest BCUT2D eigenvalue weighted by Gasteiger charge is -2.18. The van der Waals surface area contributed by atoms with E-state index in [2.05, 4.69) is 51.7 Å². The number of carbonyl (C=O) groups is 2. The number of benzene rings is 1. The summed E-state index contributed by atoms with van der Waals surface area (Å²) in [5, 5.41) is 19.7. The zero-order chi connectivity index (χ0) is 36.0. The number of hydrogen-bond donors (Lipinski definition) is 5. The summed E-state index contributed by atoms with van der Waals surface area (Å²) >= 11 is 1.55. The minimum absolute atomic E-state index is 0.0942. The molecule has 1 aromatic carbocycles. The van der Waals surface area contributed by atoms with Gasteiger partial charge in [-0.25, -0.2) is 0 Å². The van der Waals surface area contributed by atoms with Crippen molar-refractivity contribution in [3.8, 4) is 6.01 Å². The predicted octanol–water partition coefficient (Wildman–Crippen LogP) is 8.05. The molecule has 0 unspecified atom stereocenters. The number of aromatic nitrogens is 4. The number of aromatic hydroxyl groups is 1.